The van der Waals surface area contributed by atoms with Crippen LogP contribution in [0.3, 0.4) is 0 Å². The summed E-state index contributed by atoms with van der Waals surface area (Å²) < 4.78 is 0. The number of nitrogens with zero attached hydrogens (tertiary/aromatic N) is 1. The number of carbonyl (C=O) groups is 2. The number of carbonyl (C=O) groups excluding carboxylic acids is 2. The first-order valence-corrected chi connectivity index (χ1v) is 15.6. The third-order valence-corrected chi connectivity index (χ3v) is 13.0. The van der Waals surface area contributed by atoms with Gasteiger partial charge in [0, 0.05) is 43.7 Å². The summed E-state index contributed by atoms with van der Waals surface area (Å²) in [4.78, 5) is 27.7. The summed E-state index contributed by atoms with van der Waals surface area (Å²) in [6.45, 7) is 18.3. The highest BCUT2D eigenvalue weighted by molar-refractivity contribution is 6.06. The van der Waals surface area contributed by atoms with E-state index in [2.05, 4.69) is 57.4 Å². The Labute approximate surface area is 240 Å². The zero-order valence-corrected chi connectivity index (χ0v) is 25.5. The molecular formula is C34H49N3O3. The van der Waals surface area contributed by atoms with Gasteiger partial charge in [-0.2, -0.15) is 0 Å². The molecule has 1 aliphatic heterocycles. The highest BCUT2D eigenvalue weighted by Gasteiger charge is 2.66. The van der Waals surface area contributed by atoms with E-state index < -0.39 is 0 Å². The number of urea groups is 1. The molecule has 6 heteroatoms. The Hall–Kier alpha value is -2.34. The molecule has 0 spiro atoms. The van der Waals surface area contributed by atoms with Crippen molar-refractivity contribution < 1.29 is 14.7 Å². The molecule has 0 unspecified atom stereocenters. The van der Waals surface area contributed by atoms with Crippen LogP contribution in [0.25, 0.3) is 0 Å². The van der Waals surface area contributed by atoms with Crippen LogP contribution in [0.5, 0.6) is 0 Å². The average molecular weight is 548 g/mol. The van der Waals surface area contributed by atoms with E-state index in [-0.39, 0.29) is 39.2 Å². The van der Waals surface area contributed by atoms with Gasteiger partial charge in [-0.3, -0.25) is 4.79 Å². The molecular weight excluding hydrogens is 498 g/mol. The molecule has 1 heterocycles. The summed E-state index contributed by atoms with van der Waals surface area (Å²) in [6, 6.07) is 0.0878. The number of aliphatic hydroxyl groups is 1. The maximum Gasteiger partial charge on any atom is 0.317 e. The maximum absolute atomic E-state index is 13.0. The molecule has 0 radical (unpaired) electrons. The number of aliphatic hydroxyl groups excluding tert-OH is 1. The van der Waals surface area contributed by atoms with Crippen LogP contribution in [-0.4, -0.2) is 54.5 Å². The second kappa shape index (κ2) is 9.08. The Bertz CT molecular complexity index is 1270. The van der Waals surface area contributed by atoms with Crippen molar-refractivity contribution in [1.29, 1.82) is 0 Å². The van der Waals surface area contributed by atoms with Crippen molar-refractivity contribution in [3.63, 3.8) is 0 Å². The highest BCUT2D eigenvalue weighted by atomic mass is 16.3. The third-order valence-electron chi connectivity index (χ3n) is 13.0. The van der Waals surface area contributed by atoms with Crippen LogP contribution in [-0.2, 0) is 4.79 Å². The number of allylic oxidation sites excluding steroid dienone is 7. The maximum atomic E-state index is 13.0. The van der Waals surface area contributed by atoms with Crippen molar-refractivity contribution in [3.8, 4) is 0 Å². The van der Waals surface area contributed by atoms with Gasteiger partial charge in [0.1, 0.15) is 0 Å². The number of nitrogens with one attached hydrogen (secondary N) is 2. The lowest BCUT2D eigenvalue weighted by atomic mass is 9.34. The summed E-state index contributed by atoms with van der Waals surface area (Å²) >= 11 is 0. The lowest BCUT2D eigenvalue weighted by molar-refractivity contribution is -0.160. The monoisotopic (exact) mass is 547 g/mol. The minimum absolute atomic E-state index is 0.0233. The van der Waals surface area contributed by atoms with Crippen molar-refractivity contribution >= 4 is 11.8 Å². The quantitative estimate of drug-likeness (QED) is 0.383. The van der Waals surface area contributed by atoms with Crippen LogP contribution in [0.2, 0.25) is 0 Å². The van der Waals surface area contributed by atoms with Gasteiger partial charge in [-0.1, -0.05) is 52.3 Å². The SMILES string of the molecule is CC1=C(O)C(=O)C=C2C1=CC=C1[C@@]2(C)CC[C@@]2(C)[C@@H]3C[C@](C)(CNC(=O)N4CCNCC4)CC[C@]3(C)CC[C@]12C. The number of hydrogen-bond donors (Lipinski definition) is 3. The minimum Gasteiger partial charge on any atom is -0.504 e. The van der Waals surface area contributed by atoms with Crippen LogP contribution in [0.15, 0.2) is 46.3 Å². The van der Waals surface area contributed by atoms with E-state index >= 15 is 0 Å². The molecule has 2 amide bonds. The fourth-order valence-electron chi connectivity index (χ4n) is 9.95. The van der Waals surface area contributed by atoms with Crippen molar-refractivity contribution in [1.82, 2.24) is 15.5 Å². The van der Waals surface area contributed by atoms with E-state index in [1.807, 2.05) is 11.8 Å². The Kier molecular flexibility index (Phi) is 6.31. The molecule has 4 fully saturated rings. The van der Waals surface area contributed by atoms with Gasteiger partial charge in [-0.25, -0.2) is 4.79 Å². The molecule has 6 rings (SSSR count). The van der Waals surface area contributed by atoms with Crippen molar-refractivity contribution in [2.75, 3.05) is 32.7 Å². The van der Waals surface area contributed by atoms with Crippen LogP contribution < -0.4 is 10.6 Å². The van der Waals surface area contributed by atoms with E-state index in [0.29, 0.717) is 16.9 Å². The van der Waals surface area contributed by atoms with E-state index in [0.717, 1.165) is 69.6 Å². The molecule has 0 aromatic rings. The molecule has 6 aliphatic rings. The molecule has 40 heavy (non-hydrogen) atoms. The normalized spacial score (nSPS) is 43.0. The van der Waals surface area contributed by atoms with Gasteiger partial charge in [0.25, 0.3) is 0 Å². The zero-order valence-electron chi connectivity index (χ0n) is 25.5. The fraction of sp³-hybridized carbons (Fsp3) is 0.706. The van der Waals surface area contributed by atoms with Crippen molar-refractivity contribution in [2.24, 2.45) is 33.0 Å². The number of fused-ring (bicyclic) bond motifs is 7. The molecule has 0 aromatic carbocycles. The van der Waals surface area contributed by atoms with Gasteiger partial charge in [-0.15, -0.1) is 0 Å². The number of rotatable bonds is 2. The van der Waals surface area contributed by atoms with Crippen LogP contribution in [0, 0.1) is 33.0 Å². The molecule has 1 saturated heterocycles. The van der Waals surface area contributed by atoms with Crippen LogP contribution in [0.1, 0.15) is 86.5 Å². The van der Waals surface area contributed by atoms with Crippen molar-refractivity contribution in [3.05, 3.63) is 46.3 Å². The van der Waals surface area contributed by atoms with Crippen LogP contribution >= 0.6 is 0 Å². The summed E-state index contributed by atoms with van der Waals surface area (Å²) in [5.41, 5.74) is 4.67. The standard InChI is InChI=1S/C34H49N3O3/c1-22-23-7-8-26-32(4,24(23)19-25(38)28(22)39)12-14-34(6)27-20-30(2,9-10-31(27,3)11-13-33(26,34)5)21-36-29(40)37-17-15-35-16-18-37/h7-8,19,27,35,39H,9-18,20-21H2,1-6H3,(H,36,40)/t27-,30-,31-,32+,33-,34+/m1/s1. The number of piperazine rings is 1. The highest BCUT2D eigenvalue weighted by Crippen LogP contribution is 2.75. The molecule has 218 valence electrons. The Morgan fingerprint density at radius 2 is 1.73 bits per heavy atom. The van der Waals surface area contributed by atoms with Gasteiger partial charge in [0.05, 0.1) is 0 Å². The molecule has 3 saturated carbocycles. The molecule has 3 N–H and O–H groups in total. The van der Waals surface area contributed by atoms with Gasteiger partial charge >= 0.3 is 6.03 Å². The second-order valence-electron chi connectivity index (χ2n) is 15.3. The predicted molar refractivity (Wildman–Crippen MR) is 159 cm³/mol. The average Bonchev–Trinajstić information content (AvgIpc) is 2.94. The first kappa shape index (κ1) is 27.8. The summed E-state index contributed by atoms with van der Waals surface area (Å²) in [6.07, 6.45) is 14.3. The summed E-state index contributed by atoms with van der Waals surface area (Å²) in [5.74, 6) is 0.200. The number of ketones is 1. The summed E-state index contributed by atoms with van der Waals surface area (Å²) in [7, 11) is 0. The summed E-state index contributed by atoms with van der Waals surface area (Å²) in [5, 5.41) is 17.1. The largest absolute Gasteiger partial charge is 0.504 e. The molecule has 0 aromatic heterocycles. The first-order chi connectivity index (χ1) is 18.8. The van der Waals surface area contributed by atoms with Gasteiger partial charge in [-0.05, 0) is 96.7 Å². The second-order valence-corrected chi connectivity index (χ2v) is 15.3. The smallest absolute Gasteiger partial charge is 0.317 e. The third kappa shape index (κ3) is 3.84. The lowest BCUT2D eigenvalue weighted by Gasteiger charge is -2.70. The Morgan fingerprint density at radius 1 is 1.02 bits per heavy atom. The van der Waals surface area contributed by atoms with E-state index in [1.165, 1.54) is 24.8 Å². The zero-order chi connectivity index (χ0) is 28.7. The fourth-order valence-corrected chi connectivity index (χ4v) is 9.95. The molecule has 6 nitrogen and oxygen atoms in total. The van der Waals surface area contributed by atoms with E-state index in [4.69, 9.17) is 0 Å². The van der Waals surface area contributed by atoms with Gasteiger partial charge in [0.15, 0.2) is 5.76 Å². The van der Waals surface area contributed by atoms with Gasteiger partial charge < -0.3 is 20.6 Å². The van der Waals surface area contributed by atoms with Gasteiger partial charge in [0.2, 0.25) is 5.78 Å². The first-order valence-electron chi connectivity index (χ1n) is 15.6. The Balaban J connectivity index is 1.30. The van der Waals surface area contributed by atoms with Crippen LogP contribution in [0.4, 0.5) is 4.79 Å². The lowest BCUT2D eigenvalue weighted by Crippen LogP contribution is -2.62. The molecule has 5 aliphatic carbocycles. The topological polar surface area (TPSA) is 81.7 Å². The number of amides is 2. The minimum atomic E-state index is -0.257. The predicted octanol–water partition coefficient (Wildman–Crippen LogP) is 6.23. The van der Waals surface area contributed by atoms with E-state index in [1.54, 1.807) is 6.08 Å². The van der Waals surface area contributed by atoms with E-state index in [9.17, 15) is 14.7 Å². The molecule has 0 bridgehead atoms. The Morgan fingerprint density at radius 3 is 2.45 bits per heavy atom. The van der Waals surface area contributed by atoms with Crippen molar-refractivity contribution in [2.45, 2.75) is 86.5 Å². The number of hydrogen-bond acceptors (Lipinski definition) is 4. The molecule has 6 atom stereocenters.